The average Bonchev–Trinajstić information content (AvgIpc) is 2.41. The van der Waals surface area contributed by atoms with Crippen LogP contribution in [0.3, 0.4) is 0 Å². The minimum Gasteiger partial charge on any atom is -0.471 e. The normalized spacial score (nSPS) is 19.6. The lowest BCUT2D eigenvalue weighted by Crippen LogP contribution is -2.45. The maximum Gasteiger partial charge on any atom is 0.233 e. The lowest BCUT2D eigenvalue weighted by molar-refractivity contribution is -0.137. The maximum absolute atomic E-state index is 12.0. The molecule has 1 atom stereocenters. The van der Waals surface area contributed by atoms with Crippen LogP contribution in [0.25, 0.3) is 0 Å². The lowest BCUT2D eigenvalue weighted by Gasteiger charge is -2.33. The molecule has 5 heteroatoms. The Bertz CT molecular complexity index is 431. The van der Waals surface area contributed by atoms with Crippen molar-refractivity contribution in [2.24, 2.45) is 5.92 Å². The second-order valence-corrected chi connectivity index (χ2v) is 5.33. The molecule has 0 radical (unpaired) electrons. The van der Waals surface area contributed by atoms with Crippen molar-refractivity contribution in [2.75, 3.05) is 13.1 Å². The second kappa shape index (κ2) is 5.99. The molecule has 0 N–H and O–H groups in total. The molecule has 0 aliphatic carbocycles. The Morgan fingerprint density at radius 3 is 2.84 bits per heavy atom. The number of carbonyl (C=O) groups excluding carboxylic acids is 1. The van der Waals surface area contributed by atoms with Crippen LogP contribution in [0.5, 0.6) is 5.88 Å². The lowest BCUT2D eigenvalue weighted by atomic mass is 10.1. The number of nitrogens with zero attached hydrogens (tertiary/aromatic N) is 3. The number of ether oxygens (including phenoxy) is 1. The number of hydrogen-bond acceptors (Lipinski definition) is 4. The Labute approximate surface area is 114 Å². The van der Waals surface area contributed by atoms with E-state index in [9.17, 15) is 4.79 Å². The summed E-state index contributed by atoms with van der Waals surface area (Å²) in [5.41, 5.74) is 0.868. The first-order chi connectivity index (χ1) is 9.06. The van der Waals surface area contributed by atoms with Crippen molar-refractivity contribution in [3.05, 3.63) is 17.8 Å². The minimum absolute atomic E-state index is 0.0217. The fourth-order valence-corrected chi connectivity index (χ4v) is 2.22. The molecule has 0 saturated carbocycles. The first-order valence-corrected chi connectivity index (χ1v) is 6.82. The fourth-order valence-electron chi connectivity index (χ4n) is 2.22. The fraction of sp³-hybridized carbons (Fsp3) is 0.643. The average molecular weight is 263 g/mol. The molecule has 1 saturated heterocycles. The van der Waals surface area contributed by atoms with Gasteiger partial charge in [-0.15, -0.1) is 5.10 Å². The van der Waals surface area contributed by atoms with Crippen LogP contribution in [0.4, 0.5) is 0 Å². The van der Waals surface area contributed by atoms with Crippen molar-refractivity contribution in [1.29, 1.82) is 0 Å². The van der Waals surface area contributed by atoms with Crippen molar-refractivity contribution >= 4 is 5.91 Å². The Morgan fingerprint density at radius 2 is 2.21 bits per heavy atom. The molecule has 0 bridgehead atoms. The summed E-state index contributed by atoms with van der Waals surface area (Å²) in [4.78, 5) is 13.9. The number of hydrogen-bond donors (Lipinski definition) is 0. The van der Waals surface area contributed by atoms with Gasteiger partial charge in [0, 0.05) is 18.5 Å². The predicted molar refractivity (Wildman–Crippen MR) is 71.8 cm³/mol. The van der Waals surface area contributed by atoms with Gasteiger partial charge in [0.1, 0.15) is 6.10 Å². The summed E-state index contributed by atoms with van der Waals surface area (Å²) < 4.78 is 5.80. The molecule has 19 heavy (non-hydrogen) atoms. The van der Waals surface area contributed by atoms with Gasteiger partial charge < -0.3 is 9.64 Å². The van der Waals surface area contributed by atoms with Gasteiger partial charge in [-0.1, -0.05) is 13.8 Å². The summed E-state index contributed by atoms with van der Waals surface area (Å²) >= 11 is 0. The Kier molecular flexibility index (Phi) is 4.35. The summed E-state index contributed by atoms with van der Waals surface area (Å²) in [6.07, 6.45) is 1.95. The quantitative estimate of drug-likeness (QED) is 0.834. The monoisotopic (exact) mass is 263 g/mol. The van der Waals surface area contributed by atoms with E-state index in [1.807, 2.05) is 37.8 Å². The van der Waals surface area contributed by atoms with Crippen molar-refractivity contribution in [3.63, 3.8) is 0 Å². The number of amides is 1. The smallest absolute Gasteiger partial charge is 0.233 e. The number of piperidine rings is 1. The summed E-state index contributed by atoms with van der Waals surface area (Å²) in [5, 5.41) is 7.97. The molecule has 1 amide bonds. The van der Waals surface area contributed by atoms with Crippen LogP contribution in [0.2, 0.25) is 0 Å². The van der Waals surface area contributed by atoms with E-state index in [0.717, 1.165) is 25.1 Å². The highest BCUT2D eigenvalue weighted by atomic mass is 16.5. The predicted octanol–water partition coefficient (Wildman–Crippen LogP) is 1.81. The van der Waals surface area contributed by atoms with E-state index in [1.165, 1.54) is 0 Å². The van der Waals surface area contributed by atoms with Crippen molar-refractivity contribution in [3.8, 4) is 5.88 Å². The Hall–Kier alpha value is -1.65. The van der Waals surface area contributed by atoms with E-state index in [0.29, 0.717) is 12.4 Å². The highest BCUT2D eigenvalue weighted by Gasteiger charge is 2.26. The van der Waals surface area contributed by atoms with E-state index < -0.39 is 0 Å². The first kappa shape index (κ1) is 13.8. The zero-order valence-corrected chi connectivity index (χ0v) is 11.8. The van der Waals surface area contributed by atoms with Crippen molar-refractivity contribution in [2.45, 2.75) is 39.7 Å². The molecule has 1 aromatic rings. The van der Waals surface area contributed by atoms with E-state index in [1.54, 1.807) is 0 Å². The van der Waals surface area contributed by atoms with Crippen LogP contribution in [-0.4, -0.2) is 40.2 Å². The van der Waals surface area contributed by atoms with Gasteiger partial charge >= 0.3 is 0 Å². The van der Waals surface area contributed by atoms with E-state index >= 15 is 0 Å². The Morgan fingerprint density at radius 1 is 1.42 bits per heavy atom. The van der Waals surface area contributed by atoms with E-state index in [2.05, 4.69) is 10.2 Å². The van der Waals surface area contributed by atoms with Gasteiger partial charge in [-0.25, -0.2) is 0 Å². The van der Waals surface area contributed by atoms with Crippen LogP contribution >= 0.6 is 0 Å². The molecule has 104 valence electrons. The molecule has 2 heterocycles. The highest BCUT2D eigenvalue weighted by Crippen LogP contribution is 2.17. The molecule has 2 rings (SSSR count). The van der Waals surface area contributed by atoms with Crippen molar-refractivity contribution < 1.29 is 9.53 Å². The molecule has 0 aromatic carbocycles. The largest absolute Gasteiger partial charge is 0.471 e. The van der Waals surface area contributed by atoms with Gasteiger partial charge in [-0.3, -0.25) is 4.79 Å². The maximum atomic E-state index is 12.0. The molecule has 5 nitrogen and oxygen atoms in total. The van der Waals surface area contributed by atoms with Gasteiger partial charge in [-0.2, -0.15) is 5.10 Å². The van der Waals surface area contributed by atoms with Crippen LogP contribution in [0, 0.1) is 12.8 Å². The minimum atomic E-state index is 0.0217. The summed E-state index contributed by atoms with van der Waals surface area (Å²) in [5.74, 6) is 0.774. The molecule has 1 unspecified atom stereocenters. The van der Waals surface area contributed by atoms with Crippen LogP contribution in [0.15, 0.2) is 12.1 Å². The van der Waals surface area contributed by atoms with E-state index in [-0.39, 0.29) is 17.9 Å². The molecule has 1 aliphatic rings. The van der Waals surface area contributed by atoms with Crippen molar-refractivity contribution in [1.82, 2.24) is 15.1 Å². The SMILES string of the molecule is Cc1ccc(OC2CCCN(C(=O)C(C)C)C2)nn1. The number of rotatable bonds is 3. The first-order valence-electron chi connectivity index (χ1n) is 6.82. The number of carbonyl (C=O) groups is 1. The van der Waals surface area contributed by atoms with Crippen LogP contribution in [-0.2, 0) is 4.79 Å². The third-order valence-corrected chi connectivity index (χ3v) is 3.24. The molecular formula is C14H21N3O2. The third kappa shape index (κ3) is 3.66. The third-order valence-electron chi connectivity index (χ3n) is 3.24. The summed E-state index contributed by atoms with van der Waals surface area (Å²) in [6.45, 7) is 7.22. The molecular weight excluding hydrogens is 242 g/mol. The van der Waals surface area contributed by atoms with Gasteiger partial charge in [0.05, 0.1) is 12.2 Å². The van der Waals surface area contributed by atoms with Gasteiger partial charge in [0.2, 0.25) is 11.8 Å². The summed E-state index contributed by atoms with van der Waals surface area (Å²) in [6, 6.07) is 3.70. The molecule has 1 aromatic heterocycles. The molecule has 1 aliphatic heterocycles. The highest BCUT2D eigenvalue weighted by molar-refractivity contribution is 5.78. The zero-order chi connectivity index (χ0) is 13.8. The van der Waals surface area contributed by atoms with Gasteiger partial charge in [-0.05, 0) is 25.8 Å². The van der Waals surface area contributed by atoms with E-state index in [4.69, 9.17) is 4.74 Å². The van der Waals surface area contributed by atoms with Crippen LogP contribution < -0.4 is 4.74 Å². The molecule has 1 fully saturated rings. The summed E-state index contributed by atoms with van der Waals surface area (Å²) in [7, 11) is 0. The van der Waals surface area contributed by atoms with Crippen LogP contribution in [0.1, 0.15) is 32.4 Å². The number of aryl methyl sites for hydroxylation is 1. The Balaban J connectivity index is 1.94. The topological polar surface area (TPSA) is 55.3 Å². The standard InChI is InChI=1S/C14H21N3O2/c1-10(2)14(18)17-8-4-5-12(9-17)19-13-7-6-11(3)15-16-13/h6-7,10,12H,4-5,8-9H2,1-3H3. The van der Waals surface area contributed by atoms with Gasteiger partial charge in [0.25, 0.3) is 0 Å². The molecule has 0 spiro atoms. The zero-order valence-electron chi connectivity index (χ0n) is 11.8. The second-order valence-electron chi connectivity index (χ2n) is 5.33. The van der Waals surface area contributed by atoms with Gasteiger partial charge in [0.15, 0.2) is 0 Å². The number of likely N-dealkylation sites (tertiary alicyclic amines) is 1. The number of aromatic nitrogens is 2.